The fraction of sp³-hybridized carbons (Fsp3) is 0.421. The number of nitriles is 1. The standard InChI is InChI=1S/C19H23N7O4/c20-12-14-4-5-16(11-17(14)30-10-9-25-8-7-21-18(25)27)26-13-15(23-24-26)3-1-2-6-22-19(28)29/h4-5,11,13,22H,1-3,6-10H2,(H,21,27)(H,28,29). The van der Waals surface area contributed by atoms with Crippen LogP contribution in [-0.2, 0) is 6.42 Å². The van der Waals surface area contributed by atoms with Crippen LogP contribution < -0.4 is 15.4 Å². The van der Waals surface area contributed by atoms with Gasteiger partial charge in [-0.05, 0) is 31.4 Å². The Hall–Kier alpha value is -3.81. The lowest BCUT2D eigenvalue weighted by molar-refractivity contribution is 0.194. The molecule has 0 radical (unpaired) electrons. The molecule has 1 aromatic heterocycles. The number of rotatable bonds is 10. The number of unbranched alkanes of at least 4 members (excludes halogenated alkanes) is 1. The van der Waals surface area contributed by atoms with Crippen LogP contribution in [-0.4, -0.2) is 69.9 Å². The number of carbonyl (C=O) groups is 2. The van der Waals surface area contributed by atoms with Crippen molar-refractivity contribution < 1.29 is 19.4 Å². The number of nitrogens with zero attached hydrogens (tertiary/aromatic N) is 5. The molecule has 0 atom stereocenters. The van der Waals surface area contributed by atoms with Gasteiger partial charge in [-0.25, -0.2) is 14.3 Å². The van der Waals surface area contributed by atoms with Crippen LogP contribution >= 0.6 is 0 Å². The van der Waals surface area contributed by atoms with Crippen LogP contribution in [0.15, 0.2) is 24.4 Å². The zero-order chi connectivity index (χ0) is 21.3. The predicted octanol–water partition coefficient (Wildman–Crippen LogP) is 1.13. The molecule has 0 unspecified atom stereocenters. The van der Waals surface area contributed by atoms with Gasteiger partial charge < -0.3 is 25.4 Å². The monoisotopic (exact) mass is 413 g/mol. The predicted molar refractivity (Wildman–Crippen MR) is 106 cm³/mol. The number of aryl methyl sites for hydroxylation is 1. The molecule has 1 aliphatic rings. The zero-order valence-electron chi connectivity index (χ0n) is 16.4. The fourth-order valence-electron chi connectivity index (χ4n) is 3.02. The third-order valence-electron chi connectivity index (χ3n) is 4.59. The summed E-state index contributed by atoms with van der Waals surface area (Å²) in [5.74, 6) is 0.423. The number of ether oxygens (including phenoxy) is 1. The molecule has 1 aliphatic heterocycles. The Morgan fingerprint density at radius 1 is 1.40 bits per heavy atom. The second-order valence-corrected chi connectivity index (χ2v) is 6.70. The van der Waals surface area contributed by atoms with Crippen molar-refractivity contribution in [3.8, 4) is 17.5 Å². The molecule has 0 spiro atoms. The first kappa shape index (κ1) is 20.9. The lowest BCUT2D eigenvalue weighted by Crippen LogP contribution is -2.31. The minimum Gasteiger partial charge on any atom is -0.490 e. The summed E-state index contributed by atoms with van der Waals surface area (Å²) < 4.78 is 7.36. The minimum atomic E-state index is -1.02. The van der Waals surface area contributed by atoms with E-state index in [0.717, 1.165) is 12.1 Å². The van der Waals surface area contributed by atoms with Crippen molar-refractivity contribution in [3.63, 3.8) is 0 Å². The number of aromatic nitrogens is 3. The number of carbonyl (C=O) groups excluding carboxylic acids is 1. The lowest BCUT2D eigenvalue weighted by Gasteiger charge is -2.15. The van der Waals surface area contributed by atoms with E-state index >= 15 is 0 Å². The van der Waals surface area contributed by atoms with Gasteiger partial charge in [-0.3, -0.25) is 0 Å². The van der Waals surface area contributed by atoms with E-state index in [2.05, 4.69) is 27.0 Å². The molecular formula is C19H23N7O4. The minimum absolute atomic E-state index is 0.109. The summed E-state index contributed by atoms with van der Waals surface area (Å²) in [4.78, 5) is 23.7. The number of urea groups is 1. The molecule has 0 aliphatic carbocycles. The largest absolute Gasteiger partial charge is 0.490 e. The maximum absolute atomic E-state index is 11.6. The van der Waals surface area contributed by atoms with Crippen LogP contribution in [0.2, 0.25) is 0 Å². The van der Waals surface area contributed by atoms with Gasteiger partial charge in [0.1, 0.15) is 18.4 Å². The molecule has 2 heterocycles. The Morgan fingerprint density at radius 3 is 3.00 bits per heavy atom. The number of hydrogen-bond donors (Lipinski definition) is 3. The number of carboxylic acid groups (broad SMARTS) is 1. The van der Waals surface area contributed by atoms with Gasteiger partial charge in [0.2, 0.25) is 0 Å². The SMILES string of the molecule is N#Cc1ccc(-n2cc(CCCCNC(=O)O)nn2)cc1OCCN1CCNC1=O. The van der Waals surface area contributed by atoms with Crippen molar-refractivity contribution in [3.05, 3.63) is 35.7 Å². The van der Waals surface area contributed by atoms with Gasteiger partial charge in [-0.15, -0.1) is 5.10 Å². The normalized spacial score (nSPS) is 13.0. The van der Waals surface area contributed by atoms with E-state index in [1.54, 1.807) is 34.0 Å². The van der Waals surface area contributed by atoms with Gasteiger partial charge in [0, 0.05) is 25.7 Å². The van der Waals surface area contributed by atoms with Crippen LogP contribution in [0.5, 0.6) is 5.75 Å². The summed E-state index contributed by atoms with van der Waals surface area (Å²) in [7, 11) is 0. The zero-order valence-corrected chi connectivity index (χ0v) is 16.4. The average molecular weight is 413 g/mol. The van der Waals surface area contributed by atoms with Crippen molar-refractivity contribution in [1.82, 2.24) is 30.5 Å². The van der Waals surface area contributed by atoms with E-state index in [9.17, 15) is 14.9 Å². The van der Waals surface area contributed by atoms with Crippen LogP contribution in [0.3, 0.4) is 0 Å². The maximum Gasteiger partial charge on any atom is 0.404 e. The van der Waals surface area contributed by atoms with E-state index in [0.29, 0.717) is 56.0 Å². The first-order chi connectivity index (χ1) is 14.6. The van der Waals surface area contributed by atoms with Gasteiger partial charge in [-0.2, -0.15) is 5.26 Å². The molecule has 30 heavy (non-hydrogen) atoms. The van der Waals surface area contributed by atoms with Crippen LogP contribution in [0.25, 0.3) is 5.69 Å². The molecule has 11 heteroatoms. The molecule has 0 bridgehead atoms. The molecule has 1 fully saturated rings. The number of amides is 3. The van der Waals surface area contributed by atoms with Crippen molar-refractivity contribution >= 4 is 12.1 Å². The molecule has 158 valence electrons. The van der Waals surface area contributed by atoms with E-state index in [-0.39, 0.29) is 12.6 Å². The summed E-state index contributed by atoms with van der Waals surface area (Å²) in [5.41, 5.74) is 1.89. The molecular weight excluding hydrogens is 390 g/mol. The van der Waals surface area contributed by atoms with Gasteiger partial charge in [0.25, 0.3) is 0 Å². The van der Waals surface area contributed by atoms with Gasteiger partial charge in [0.05, 0.1) is 29.7 Å². The average Bonchev–Trinajstić information content (AvgIpc) is 3.37. The Kier molecular flexibility index (Phi) is 7.05. The quantitative estimate of drug-likeness (QED) is 0.495. The van der Waals surface area contributed by atoms with Gasteiger partial charge >= 0.3 is 12.1 Å². The number of nitrogens with one attached hydrogen (secondary N) is 2. The molecule has 3 amide bonds. The molecule has 1 aromatic carbocycles. The Morgan fingerprint density at radius 2 is 2.27 bits per heavy atom. The summed E-state index contributed by atoms with van der Waals surface area (Å²) >= 11 is 0. The number of hydrogen-bond acceptors (Lipinski definition) is 6. The second-order valence-electron chi connectivity index (χ2n) is 6.70. The van der Waals surface area contributed by atoms with E-state index < -0.39 is 6.09 Å². The smallest absolute Gasteiger partial charge is 0.404 e. The highest BCUT2D eigenvalue weighted by molar-refractivity contribution is 5.76. The molecule has 3 N–H and O–H groups in total. The third-order valence-corrected chi connectivity index (χ3v) is 4.59. The molecule has 0 saturated carbocycles. The van der Waals surface area contributed by atoms with E-state index in [1.807, 2.05) is 0 Å². The van der Waals surface area contributed by atoms with Crippen molar-refractivity contribution in [2.45, 2.75) is 19.3 Å². The molecule has 2 aromatic rings. The Labute approximate surface area is 173 Å². The summed E-state index contributed by atoms with van der Waals surface area (Å²) in [6.07, 6.45) is 2.94. The maximum atomic E-state index is 11.6. The van der Waals surface area contributed by atoms with Crippen LogP contribution in [0.4, 0.5) is 9.59 Å². The van der Waals surface area contributed by atoms with Crippen molar-refractivity contribution in [2.75, 3.05) is 32.8 Å². The second kappa shape index (κ2) is 10.1. The molecule has 11 nitrogen and oxygen atoms in total. The van der Waals surface area contributed by atoms with Crippen LogP contribution in [0.1, 0.15) is 24.1 Å². The summed E-state index contributed by atoms with van der Waals surface area (Å²) in [5, 5.41) is 31.2. The molecule has 1 saturated heterocycles. The number of benzene rings is 1. The van der Waals surface area contributed by atoms with Crippen molar-refractivity contribution in [2.24, 2.45) is 0 Å². The highest BCUT2D eigenvalue weighted by Crippen LogP contribution is 2.22. The first-order valence-electron chi connectivity index (χ1n) is 9.65. The van der Waals surface area contributed by atoms with Gasteiger partial charge in [-0.1, -0.05) is 5.21 Å². The Balaban J connectivity index is 1.57. The van der Waals surface area contributed by atoms with Crippen LogP contribution in [0, 0.1) is 11.3 Å². The van der Waals surface area contributed by atoms with E-state index in [4.69, 9.17) is 9.84 Å². The summed E-state index contributed by atoms with van der Waals surface area (Å²) in [6.45, 7) is 2.38. The third kappa shape index (κ3) is 5.60. The fourth-order valence-corrected chi connectivity index (χ4v) is 3.02. The van der Waals surface area contributed by atoms with Crippen molar-refractivity contribution in [1.29, 1.82) is 5.26 Å². The topological polar surface area (TPSA) is 145 Å². The van der Waals surface area contributed by atoms with E-state index in [1.165, 1.54) is 0 Å². The lowest BCUT2D eigenvalue weighted by atomic mass is 10.2. The Bertz CT molecular complexity index is 937. The van der Waals surface area contributed by atoms with Gasteiger partial charge in [0.15, 0.2) is 0 Å². The molecule has 3 rings (SSSR count). The highest BCUT2D eigenvalue weighted by Gasteiger charge is 2.19. The first-order valence-corrected chi connectivity index (χ1v) is 9.65. The highest BCUT2D eigenvalue weighted by atomic mass is 16.5. The summed E-state index contributed by atoms with van der Waals surface area (Å²) in [6, 6.07) is 7.13.